The largest absolute Gasteiger partial charge is 0.481 e. The summed E-state index contributed by atoms with van der Waals surface area (Å²) in [5, 5.41) is 13.5. The van der Waals surface area contributed by atoms with Crippen molar-refractivity contribution in [1.82, 2.24) is 9.21 Å². The van der Waals surface area contributed by atoms with Crippen molar-refractivity contribution in [3.63, 3.8) is 0 Å². The lowest BCUT2D eigenvalue weighted by atomic mass is 10.2. The molecule has 1 saturated heterocycles. The smallest absolute Gasteiger partial charge is 0.305 e. The number of nitrogens with two attached hydrogens (primary N) is 2. The quantitative estimate of drug-likeness (QED) is 0.504. The first-order valence-electron chi connectivity index (χ1n) is 5.26. The molecule has 0 aromatic carbocycles. The molecule has 0 aromatic heterocycles. The van der Waals surface area contributed by atoms with E-state index in [1.54, 1.807) is 0 Å². The zero-order valence-electron chi connectivity index (χ0n) is 9.65. The van der Waals surface area contributed by atoms with Gasteiger partial charge in [-0.05, 0) is 0 Å². The van der Waals surface area contributed by atoms with Gasteiger partial charge in [-0.1, -0.05) is 0 Å². The molecule has 5 N–H and O–H groups in total. The number of carbonyl (C=O) groups excluding carboxylic acids is 1. The van der Waals surface area contributed by atoms with Crippen LogP contribution in [0.5, 0.6) is 0 Å². The average molecular weight is 280 g/mol. The Hall–Kier alpha value is -1.23. The first-order chi connectivity index (χ1) is 8.21. The monoisotopic (exact) mass is 280 g/mol. The Labute approximate surface area is 105 Å². The van der Waals surface area contributed by atoms with Gasteiger partial charge in [0.05, 0.1) is 12.5 Å². The van der Waals surface area contributed by atoms with Crippen LogP contribution in [0.25, 0.3) is 0 Å². The molecule has 18 heavy (non-hydrogen) atoms. The Morgan fingerprint density at radius 3 is 2.11 bits per heavy atom. The van der Waals surface area contributed by atoms with E-state index >= 15 is 0 Å². The van der Waals surface area contributed by atoms with Gasteiger partial charge in [-0.2, -0.15) is 12.7 Å². The Morgan fingerprint density at radius 2 is 1.72 bits per heavy atom. The second-order valence-corrected chi connectivity index (χ2v) is 5.52. The van der Waals surface area contributed by atoms with E-state index in [1.165, 1.54) is 4.90 Å². The maximum atomic E-state index is 11.7. The molecule has 9 nitrogen and oxygen atoms in total. The third kappa shape index (κ3) is 3.91. The molecule has 1 aliphatic heterocycles. The number of carboxylic acids is 1. The molecular weight excluding hydrogens is 264 g/mol. The van der Waals surface area contributed by atoms with Gasteiger partial charge in [0, 0.05) is 26.2 Å². The van der Waals surface area contributed by atoms with Crippen LogP contribution in [0, 0.1) is 0 Å². The minimum atomic E-state index is -3.74. The highest BCUT2D eigenvalue weighted by molar-refractivity contribution is 7.86. The standard InChI is InChI=1S/C8H16N4O5S/c9-6(5-7(13)14)8(15)11-1-3-12(4-2-11)18(10,16)17/h6H,1-5,9H2,(H,13,14)(H2,10,16,17). The van der Waals surface area contributed by atoms with Crippen molar-refractivity contribution in [3.8, 4) is 0 Å². The summed E-state index contributed by atoms with van der Waals surface area (Å²) < 4.78 is 23.1. The Bertz CT molecular complexity index is 429. The van der Waals surface area contributed by atoms with Crippen LogP contribution in [0.1, 0.15) is 6.42 Å². The number of carbonyl (C=O) groups is 2. The molecule has 0 spiro atoms. The fraction of sp³-hybridized carbons (Fsp3) is 0.750. The summed E-state index contributed by atoms with van der Waals surface area (Å²) in [4.78, 5) is 23.5. The zero-order valence-corrected chi connectivity index (χ0v) is 10.5. The Balaban J connectivity index is 2.53. The molecule has 0 aliphatic carbocycles. The van der Waals surface area contributed by atoms with Gasteiger partial charge >= 0.3 is 5.97 Å². The van der Waals surface area contributed by atoms with Crippen LogP contribution in [0.15, 0.2) is 0 Å². The third-order valence-corrected chi connectivity index (χ3v) is 3.71. The number of rotatable bonds is 4. The second kappa shape index (κ2) is 5.61. The van der Waals surface area contributed by atoms with Crippen molar-refractivity contribution in [2.45, 2.75) is 12.5 Å². The van der Waals surface area contributed by atoms with Gasteiger partial charge in [-0.3, -0.25) is 9.59 Å². The maximum Gasteiger partial charge on any atom is 0.305 e. The molecular formula is C8H16N4O5S. The van der Waals surface area contributed by atoms with Crippen molar-refractivity contribution in [2.75, 3.05) is 26.2 Å². The number of nitrogens with zero attached hydrogens (tertiary/aromatic N) is 2. The van der Waals surface area contributed by atoms with Crippen LogP contribution in [0.3, 0.4) is 0 Å². The number of hydrogen-bond acceptors (Lipinski definition) is 5. The molecule has 0 saturated carbocycles. The number of piperazine rings is 1. The van der Waals surface area contributed by atoms with Crippen LogP contribution in [0.4, 0.5) is 0 Å². The predicted octanol–water partition coefficient (Wildman–Crippen LogP) is -2.86. The number of aliphatic carboxylic acids is 1. The summed E-state index contributed by atoms with van der Waals surface area (Å²) >= 11 is 0. The molecule has 0 radical (unpaired) electrons. The molecule has 1 unspecified atom stereocenters. The van der Waals surface area contributed by atoms with Crippen molar-refractivity contribution >= 4 is 22.1 Å². The molecule has 1 fully saturated rings. The molecule has 0 aromatic rings. The van der Waals surface area contributed by atoms with E-state index < -0.39 is 34.5 Å². The number of amides is 1. The second-order valence-electron chi connectivity index (χ2n) is 3.97. The van der Waals surface area contributed by atoms with E-state index in [0.717, 1.165) is 4.31 Å². The molecule has 1 aliphatic rings. The highest BCUT2D eigenvalue weighted by Gasteiger charge is 2.29. The van der Waals surface area contributed by atoms with E-state index in [4.69, 9.17) is 16.0 Å². The van der Waals surface area contributed by atoms with Gasteiger partial charge in [0.25, 0.3) is 10.2 Å². The van der Waals surface area contributed by atoms with Crippen LogP contribution < -0.4 is 10.9 Å². The van der Waals surface area contributed by atoms with Crippen LogP contribution in [-0.4, -0.2) is 66.8 Å². The topological polar surface area (TPSA) is 147 Å². The summed E-state index contributed by atoms with van der Waals surface area (Å²) in [5.41, 5.74) is 5.44. The summed E-state index contributed by atoms with van der Waals surface area (Å²) in [6.07, 6.45) is -0.450. The SMILES string of the molecule is NC(CC(=O)O)C(=O)N1CCN(S(N)(=O)=O)CC1. The fourth-order valence-electron chi connectivity index (χ4n) is 1.67. The lowest BCUT2D eigenvalue weighted by Gasteiger charge is -2.34. The van der Waals surface area contributed by atoms with Gasteiger partial charge in [-0.15, -0.1) is 0 Å². The Morgan fingerprint density at radius 1 is 1.22 bits per heavy atom. The summed E-state index contributed by atoms with van der Waals surface area (Å²) in [6, 6.07) is -1.11. The highest BCUT2D eigenvalue weighted by Crippen LogP contribution is 2.06. The molecule has 1 heterocycles. The molecule has 10 heteroatoms. The lowest BCUT2D eigenvalue weighted by Crippen LogP contribution is -2.55. The minimum absolute atomic E-state index is 0.0877. The molecule has 1 amide bonds. The molecule has 1 atom stereocenters. The normalized spacial score (nSPS) is 19.6. The van der Waals surface area contributed by atoms with Gasteiger partial charge in [0.1, 0.15) is 0 Å². The van der Waals surface area contributed by atoms with Crippen LogP contribution in [-0.2, 0) is 19.8 Å². The number of hydrogen-bond donors (Lipinski definition) is 3. The van der Waals surface area contributed by atoms with Gasteiger partial charge in [0.15, 0.2) is 0 Å². The maximum absolute atomic E-state index is 11.7. The highest BCUT2D eigenvalue weighted by atomic mass is 32.2. The third-order valence-electron chi connectivity index (χ3n) is 2.62. The van der Waals surface area contributed by atoms with E-state index in [2.05, 4.69) is 0 Å². The Kier molecular flexibility index (Phi) is 4.62. The fourth-order valence-corrected chi connectivity index (χ4v) is 2.35. The number of carboxylic acid groups (broad SMARTS) is 1. The first-order valence-corrected chi connectivity index (χ1v) is 6.76. The van der Waals surface area contributed by atoms with Crippen LogP contribution >= 0.6 is 0 Å². The molecule has 104 valence electrons. The van der Waals surface area contributed by atoms with Crippen molar-refractivity contribution in [1.29, 1.82) is 0 Å². The zero-order chi connectivity index (χ0) is 13.9. The van der Waals surface area contributed by atoms with Crippen molar-refractivity contribution in [3.05, 3.63) is 0 Å². The van der Waals surface area contributed by atoms with Crippen molar-refractivity contribution in [2.24, 2.45) is 10.9 Å². The summed E-state index contributed by atoms with van der Waals surface area (Å²) in [5.74, 6) is -1.65. The van der Waals surface area contributed by atoms with E-state index in [-0.39, 0.29) is 26.2 Å². The van der Waals surface area contributed by atoms with Gasteiger partial charge < -0.3 is 15.7 Å². The van der Waals surface area contributed by atoms with Crippen LogP contribution in [0.2, 0.25) is 0 Å². The van der Waals surface area contributed by atoms with Crippen molar-refractivity contribution < 1.29 is 23.1 Å². The minimum Gasteiger partial charge on any atom is -0.481 e. The van der Waals surface area contributed by atoms with E-state index in [0.29, 0.717) is 0 Å². The molecule has 0 bridgehead atoms. The van der Waals surface area contributed by atoms with Gasteiger partial charge in [-0.25, -0.2) is 5.14 Å². The lowest BCUT2D eigenvalue weighted by molar-refractivity contribution is -0.142. The average Bonchev–Trinajstić information content (AvgIpc) is 2.26. The molecule has 1 rings (SSSR count). The van der Waals surface area contributed by atoms with Gasteiger partial charge in [0.2, 0.25) is 5.91 Å². The summed E-state index contributed by atoms with van der Waals surface area (Å²) in [7, 11) is -3.74. The van der Waals surface area contributed by atoms with E-state index in [1.807, 2.05) is 0 Å². The summed E-state index contributed by atoms with van der Waals surface area (Å²) in [6.45, 7) is 0.486. The first kappa shape index (κ1) is 14.8. The van der Waals surface area contributed by atoms with E-state index in [9.17, 15) is 18.0 Å². The predicted molar refractivity (Wildman–Crippen MR) is 61.5 cm³/mol.